The van der Waals surface area contributed by atoms with Gasteiger partial charge in [-0.15, -0.1) is 15.3 Å². The Morgan fingerprint density at radius 3 is 1.89 bits per heavy atom. The summed E-state index contributed by atoms with van der Waals surface area (Å²) in [5, 5.41) is 42.7. The predicted octanol–water partition coefficient (Wildman–Crippen LogP) is 5.72. The molecule has 56 heavy (non-hydrogen) atoms. The van der Waals surface area contributed by atoms with Crippen LogP contribution >= 0.6 is 23.2 Å². The molecule has 0 atom stereocenters. The van der Waals surface area contributed by atoms with Crippen LogP contribution in [0.15, 0.2) is 133 Å². The average molecular weight is 861 g/mol. The first-order valence-electron chi connectivity index (χ1n) is 15.7. The number of nitrogens with two attached hydrogens (primary N) is 1. The van der Waals surface area contributed by atoms with Crippen LogP contribution in [-0.4, -0.2) is 48.3 Å². The van der Waals surface area contributed by atoms with Crippen molar-refractivity contribution in [3.05, 3.63) is 140 Å². The van der Waals surface area contributed by atoms with Crippen molar-refractivity contribution in [1.82, 2.24) is 19.6 Å². The molecule has 288 valence electrons. The van der Waals surface area contributed by atoms with E-state index in [1.165, 1.54) is 45.0 Å². The number of aromatic amines is 2. The number of quaternary nitrogens is 1. The van der Waals surface area contributed by atoms with Crippen molar-refractivity contribution in [3.8, 4) is 22.9 Å². The fourth-order valence-corrected chi connectivity index (χ4v) is 5.91. The van der Waals surface area contributed by atoms with Crippen LogP contribution in [-0.2, 0) is 27.5 Å². The number of nitrogens with zero attached hydrogens (tertiary/aromatic N) is 6. The van der Waals surface area contributed by atoms with Gasteiger partial charge in [-0.3, -0.25) is 24.3 Å². The minimum atomic E-state index is -4.69. The van der Waals surface area contributed by atoms with Crippen molar-refractivity contribution in [2.75, 3.05) is 0 Å². The largest absolute Gasteiger partial charge is 0.871 e. The topological polar surface area (TPSA) is 263 Å². The quantitative estimate of drug-likeness (QED) is 0.0464. The summed E-state index contributed by atoms with van der Waals surface area (Å²) in [6.07, 6.45) is 1.30. The third kappa shape index (κ3) is 10.0. The number of H-pyrrole nitrogens is 2. The first-order chi connectivity index (χ1) is 26.1. The average Bonchev–Trinajstić information content (AvgIpc) is 3.60. The van der Waals surface area contributed by atoms with E-state index in [1.807, 2.05) is 18.2 Å². The second-order valence-corrected chi connectivity index (χ2v) is 13.7. The maximum Gasteiger partial charge on any atom is 0.508 e. The molecule has 6 aromatic rings. The van der Waals surface area contributed by atoms with Gasteiger partial charge < -0.3 is 10.2 Å². The monoisotopic (exact) mass is 859 g/mol. The Bertz CT molecular complexity index is 2710. The standard InChI is InChI=1S/C19H16ClN5O6S.C16H13ClN4O2.Cr/c1-3-16(26)21-12-4-6-13(7-5-12)25-19(28)17(10(2)24-25)23-22-14-8-11(20)9-15(18(14)27)32(29,30)31;1-10-15(19-18-13-9-11(17)7-8-14(13)22)16(23)21(20-10)12-5-3-2-4-6-12;/h3-9,24,27H,1H2,2H3,(H,21,26)(H,29,30,31);2-9,20,22H,1H3;/p+2. The van der Waals surface area contributed by atoms with Crippen LogP contribution in [0.2, 0.25) is 10.0 Å². The molecular weight excluding hydrogens is 829 g/mol. The summed E-state index contributed by atoms with van der Waals surface area (Å²) in [6.45, 7) is 6.77. The molecule has 6 rings (SSSR count). The minimum absolute atomic E-state index is 0. The van der Waals surface area contributed by atoms with Gasteiger partial charge in [-0.2, -0.15) is 18.8 Å². The van der Waals surface area contributed by atoms with E-state index >= 15 is 0 Å². The molecule has 17 nitrogen and oxygen atoms in total. The van der Waals surface area contributed by atoms with Crippen molar-refractivity contribution in [1.29, 1.82) is 0 Å². The fraction of sp³-hybridized carbons (Fsp3) is 0.0571. The zero-order valence-electron chi connectivity index (χ0n) is 29.1. The SMILES string of the molecule is C=CC(=[OH+])[NH2+]c1ccc(-n2[nH]c(C)c(N=Nc3cc(Cl)cc(S(=O)(=O)O)c3[OH2+])c2=O)cc1.Cc1[nH]n(-c2ccccc2)c(=O)c1N=Nc1cc(Cl)ccc1[O-].[Cr]. The predicted molar refractivity (Wildman–Crippen MR) is 205 cm³/mol. The number of aromatic nitrogens is 4. The van der Waals surface area contributed by atoms with Gasteiger partial charge in [0, 0.05) is 39.5 Å². The van der Waals surface area contributed by atoms with Crippen LogP contribution in [0.3, 0.4) is 0 Å². The Morgan fingerprint density at radius 2 is 1.36 bits per heavy atom. The van der Waals surface area contributed by atoms with E-state index in [2.05, 4.69) is 37.2 Å². The summed E-state index contributed by atoms with van der Waals surface area (Å²) in [4.78, 5) is 34.0. The summed E-state index contributed by atoms with van der Waals surface area (Å²) in [7, 11) is -4.69. The van der Waals surface area contributed by atoms with E-state index in [1.54, 1.807) is 50.2 Å². The number of halogens is 2. The summed E-state index contributed by atoms with van der Waals surface area (Å²) in [5.41, 5.74) is 1.85. The molecule has 0 aliphatic carbocycles. The fourth-order valence-electron chi connectivity index (χ4n) is 4.83. The van der Waals surface area contributed by atoms with Crippen LogP contribution in [0.25, 0.3) is 11.4 Å². The number of primary amides is 1. The summed E-state index contributed by atoms with van der Waals surface area (Å²) < 4.78 is 34.7. The maximum absolute atomic E-state index is 12.8. The van der Waals surface area contributed by atoms with Gasteiger partial charge in [0.25, 0.3) is 11.1 Å². The number of rotatable bonds is 9. The molecule has 0 radical (unpaired) electrons. The van der Waals surface area contributed by atoms with Crippen molar-refractivity contribution in [2.24, 2.45) is 20.5 Å². The Kier molecular flexibility index (Phi) is 13.9. The van der Waals surface area contributed by atoms with Crippen LogP contribution in [0.1, 0.15) is 11.4 Å². The number of hydrogen-bond acceptors (Lipinski definition) is 9. The van der Waals surface area contributed by atoms with Gasteiger partial charge >= 0.3 is 21.8 Å². The number of benzene rings is 4. The van der Waals surface area contributed by atoms with E-state index in [9.17, 15) is 32.5 Å². The third-order valence-corrected chi connectivity index (χ3v) is 8.86. The van der Waals surface area contributed by atoms with Gasteiger partial charge in [-0.05, 0) is 62.4 Å². The first kappa shape index (κ1) is 42.8. The molecule has 0 bridgehead atoms. The van der Waals surface area contributed by atoms with Gasteiger partial charge in [0.15, 0.2) is 22.0 Å². The van der Waals surface area contributed by atoms with Crippen molar-refractivity contribution >= 4 is 67.7 Å². The number of azo groups is 2. The molecule has 0 fully saturated rings. The number of para-hydroxylation sites is 1. The molecule has 4 aromatic carbocycles. The van der Waals surface area contributed by atoms with E-state index in [0.29, 0.717) is 33.5 Å². The van der Waals surface area contributed by atoms with Crippen LogP contribution in [0.4, 0.5) is 28.4 Å². The van der Waals surface area contributed by atoms with Gasteiger partial charge in [-0.1, -0.05) is 59.8 Å². The molecule has 2 heterocycles. The number of carbonyl (C=O) groups excluding carboxylic acids is 1. The first-order valence-corrected chi connectivity index (χ1v) is 17.9. The van der Waals surface area contributed by atoms with Crippen molar-refractivity contribution in [3.63, 3.8) is 0 Å². The van der Waals surface area contributed by atoms with E-state index < -0.39 is 26.3 Å². The van der Waals surface area contributed by atoms with E-state index in [4.69, 9.17) is 28.3 Å². The molecule has 2 aromatic heterocycles. The molecule has 0 saturated heterocycles. The molecule has 8 N–H and O–H groups in total. The molecule has 21 heteroatoms. The Morgan fingerprint density at radius 1 is 0.839 bits per heavy atom. The number of aryl methyl sites for hydroxylation is 2. The zero-order valence-corrected chi connectivity index (χ0v) is 32.7. The maximum atomic E-state index is 12.8. The molecule has 0 aliphatic heterocycles. The van der Waals surface area contributed by atoms with Crippen LogP contribution in [0, 0.1) is 13.8 Å². The molecule has 0 unspecified atom stereocenters. The van der Waals surface area contributed by atoms with Crippen LogP contribution in [0.5, 0.6) is 11.5 Å². The molecule has 0 spiro atoms. The van der Waals surface area contributed by atoms with Crippen LogP contribution < -0.4 is 21.5 Å². The molecule has 1 amide bonds. The van der Waals surface area contributed by atoms with Gasteiger partial charge in [-0.25, -0.2) is 14.2 Å². The number of hydrogen-bond donors (Lipinski definition) is 4. The summed E-state index contributed by atoms with van der Waals surface area (Å²) in [6, 6.07) is 22.1. The smallest absolute Gasteiger partial charge is 0.508 e. The van der Waals surface area contributed by atoms with E-state index in [-0.39, 0.29) is 62.3 Å². The second kappa shape index (κ2) is 18.2. The summed E-state index contributed by atoms with van der Waals surface area (Å²) in [5.74, 6) is -0.921. The van der Waals surface area contributed by atoms with Gasteiger partial charge in [0.1, 0.15) is 5.69 Å². The third-order valence-electron chi connectivity index (χ3n) is 7.53. The number of amides is 1. The number of nitrogens with one attached hydrogen (secondary N) is 2. The minimum Gasteiger partial charge on any atom is -0.871 e. The Hall–Kier alpha value is -5.91. The van der Waals surface area contributed by atoms with Gasteiger partial charge in [0.2, 0.25) is 0 Å². The van der Waals surface area contributed by atoms with E-state index in [0.717, 1.165) is 6.07 Å². The second-order valence-electron chi connectivity index (χ2n) is 11.4. The van der Waals surface area contributed by atoms with Crippen molar-refractivity contribution in [2.45, 2.75) is 18.7 Å². The molecule has 0 aliphatic rings. The summed E-state index contributed by atoms with van der Waals surface area (Å²) >= 11 is 11.7. The normalized spacial score (nSPS) is 11.3. The Labute approximate surface area is 338 Å². The van der Waals surface area contributed by atoms with Crippen molar-refractivity contribution < 1.29 is 50.7 Å². The Balaban J connectivity index is 0.000000257. The zero-order chi connectivity index (χ0) is 40.0. The van der Waals surface area contributed by atoms with Gasteiger partial charge in [0.05, 0.1) is 34.5 Å². The molecular formula is C35H31Cl2CrN9O8S+2. The molecule has 0 saturated carbocycles.